The lowest BCUT2D eigenvalue weighted by Gasteiger charge is -2.08. The maximum absolute atomic E-state index is 5.37. The number of rotatable bonds is 4. The number of methoxy groups -OCH3 is 1. The second-order valence-electron chi connectivity index (χ2n) is 4.01. The second-order valence-corrected chi connectivity index (χ2v) is 4.01. The average molecular weight is 268 g/mol. The third-order valence-corrected chi connectivity index (χ3v) is 2.85. The number of fused-ring (bicyclic) bond motifs is 1. The summed E-state index contributed by atoms with van der Waals surface area (Å²) in [5, 5.41) is 19.6. The summed E-state index contributed by atoms with van der Waals surface area (Å²) >= 11 is 0. The molecule has 0 amide bonds. The molecule has 0 spiro atoms. The first kappa shape index (κ1) is 12.1. The van der Waals surface area contributed by atoms with Crippen molar-refractivity contribution in [3.63, 3.8) is 0 Å². The molecule has 2 aromatic carbocycles. The Bertz CT molecular complexity index is 738. The number of anilines is 1. The molecule has 20 heavy (non-hydrogen) atoms. The van der Waals surface area contributed by atoms with Crippen LogP contribution in [0, 0.1) is 0 Å². The number of nitrogens with zero attached hydrogens (tertiary/aromatic N) is 4. The molecule has 3 rings (SSSR count). The number of aromatic amines is 1. The lowest BCUT2D eigenvalue weighted by atomic mass is 10.0. The fourth-order valence-electron chi connectivity index (χ4n) is 1.95. The fraction of sp³-hybridized carbons (Fsp3) is 0.0769. The Hall–Kier alpha value is -2.96. The van der Waals surface area contributed by atoms with Crippen molar-refractivity contribution < 1.29 is 4.74 Å². The number of ether oxygens (including phenoxy) is 1. The third kappa shape index (κ3) is 2.28. The Morgan fingerprint density at radius 2 is 2.15 bits per heavy atom. The first-order chi connectivity index (χ1) is 9.88. The minimum Gasteiger partial charge on any atom is -0.496 e. The van der Waals surface area contributed by atoms with Crippen LogP contribution in [0.3, 0.4) is 0 Å². The van der Waals surface area contributed by atoms with Gasteiger partial charge in [-0.1, -0.05) is 35.4 Å². The van der Waals surface area contributed by atoms with E-state index in [-0.39, 0.29) is 0 Å². The van der Waals surface area contributed by atoms with E-state index >= 15 is 0 Å². The van der Waals surface area contributed by atoms with Crippen LogP contribution in [0.2, 0.25) is 0 Å². The van der Waals surface area contributed by atoms with Crippen LogP contribution < -0.4 is 10.2 Å². The molecule has 100 valence electrons. The predicted molar refractivity (Wildman–Crippen MR) is 75.9 cm³/mol. The summed E-state index contributed by atoms with van der Waals surface area (Å²) < 4.78 is 5.37. The smallest absolute Gasteiger partial charge is 0.283 e. The largest absolute Gasteiger partial charge is 0.496 e. The van der Waals surface area contributed by atoms with Gasteiger partial charge in [-0.3, -0.25) is 0 Å². The molecular formula is C13H12N6O. The molecule has 0 aliphatic heterocycles. The molecule has 0 radical (unpaired) electrons. The highest BCUT2D eigenvalue weighted by Crippen LogP contribution is 2.26. The molecule has 0 saturated heterocycles. The molecule has 0 bridgehead atoms. The number of hydrazone groups is 1. The quantitative estimate of drug-likeness (QED) is 0.556. The third-order valence-electron chi connectivity index (χ3n) is 2.85. The van der Waals surface area contributed by atoms with Crippen molar-refractivity contribution in [3.05, 3.63) is 42.0 Å². The molecule has 7 heteroatoms. The number of hydrogen-bond donors (Lipinski definition) is 2. The van der Waals surface area contributed by atoms with Crippen LogP contribution in [0.15, 0.2) is 41.5 Å². The van der Waals surface area contributed by atoms with Gasteiger partial charge in [-0.05, 0) is 22.1 Å². The molecule has 0 aliphatic carbocycles. The number of hydrogen-bond acceptors (Lipinski definition) is 6. The summed E-state index contributed by atoms with van der Waals surface area (Å²) in [5.41, 5.74) is 3.58. The van der Waals surface area contributed by atoms with E-state index < -0.39 is 0 Å². The van der Waals surface area contributed by atoms with Crippen LogP contribution in [-0.4, -0.2) is 33.9 Å². The van der Waals surface area contributed by atoms with Crippen molar-refractivity contribution in [1.29, 1.82) is 0 Å². The normalized spacial score (nSPS) is 11.1. The van der Waals surface area contributed by atoms with E-state index in [4.69, 9.17) is 4.74 Å². The van der Waals surface area contributed by atoms with Gasteiger partial charge < -0.3 is 4.74 Å². The molecule has 0 atom stereocenters. The highest BCUT2D eigenvalue weighted by atomic mass is 16.5. The van der Waals surface area contributed by atoms with E-state index in [1.54, 1.807) is 13.3 Å². The van der Waals surface area contributed by atoms with Gasteiger partial charge in [-0.25, -0.2) is 5.43 Å². The number of nitrogens with one attached hydrogen (secondary N) is 2. The van der Waals surface area contributed by atoms with Gasteiger partial charge in [0.05, 0.1) is 13.3 Å². The molecule has 1 aromatic heterocycles. The van der Waals surface area contributed by atoms with Crippen molar-refractivity contribution in [2.45, 2.75) is 0 Å². The SMILES string of the molecule is COc1ccc2ccccc2c1/C=N\Nc1nn[nH]n1. The van der Waals surface area contributed by atoms with Gasteiger partial charge in [-0.15, -0.1) is 5.10 Å². The highest BCUT2D eigenvalue weighted by molar-refractivity contribution is 6.02. The fourth-order valence-corrected chi connectivity index (χ4v) is 1.95. The number of H-pyrrole nitrogens is 1. The van der Waals surface area contributed by atoms with Crippen molar-refractivity contribution in [2.75, 3.05) is 12.5 Å². The lowest BCUT2D eigenvalue weighted by molar-refractivity contribution is 0.415. The van der Waals surface area contributed by atoms with Crippen molar-refractivity contribution >= 4 is 22.9 Å². The van der Waals surface area contributed by atoms with Crippen LogP contribution in [0.5, 0.6) is 5.75 Å². The monoisotopic (exact) mass is 268 g/mol. The summed E-state index contributed by atoms with van der Waals surface area (Å²) in [5.74, 6) is 1.06. The van der Waals surface area contributed by atoms with Crippen LogP contribution in [0.25, 0.3) is 10.8 Å². The molecule has 0 aliphatic rings. The maximum atomic E-state index is 5.37. The summed E-state index contributed by atoms with van der Waals surface area (Å²) in [4.78, 5) is 0. The van der Waals surface area contributed by atoms with Gasteiger partial charge >= 0.3 is 0 Å². The summed E-state index contributed by atoms with van der Waals surface area (Å²) in [6.45, 7) is 0. The van der Waals surface area contributed by atoms with Crippen LogP contribution in [0.4, 0.5) is 5.95 Å². The highest BCUT2D eigenvalue weighted by Gasteiger charge is 2.05. The first-order valence-electron chi connectivity index (χ1n) is 5.97. The Balaban J connectivity index is 1.98. The Morgan fingerprint density at radius 1 is 1.25 bits per heavy atom. The molecule has 3 aromatic rings. The maximum Gasteiger partial charge on any atom is 0.283 e. The molecular weight excluding hydrogens is 256 g/mol. The standard InChI is InChI=1S/C13H12N6O/c1-20-12-7-6-9-4-2-3-5-10(9)11(12)8-14-15-13-16-18-19-17-13/h2-8H,1H3,(H2,15,16,17,18,19)/b14-8-. The Morgan fingerprint density at radius 3 is 2.95 bits per heavy atom. The zero-order chi connectivity index (χ0) is 13.8. The number of aromatic nitrogens is 4. The summed E-state index contributed by atoms with van der Waals surface area (Å²) in [7, 11) is 1.63. The van der Waals surface area contributed by atoms with E-state index in [2.05, 4.69) is 31.2 Å². The molecule has 7 nitrogen and oxygen atoms in total. The summed E-state index contributed by atoms with van der Waals surface area (Å²) in [6, 6.07) is 12.0. The second kappa shape index (κ2) is 5.35. The topological polar surface area (TPSA) is 88.1 Å². The van der Waals surface area contributed by atoms with E-state index in [0.29, 0.717) is 5.95 Å². The van der Waals surface area contributed by atoms with Gasteiger partial charge in [0.25, 0.3) is 5.95 Å². The minimum absolute atomic E-state index is 0.306. The van der Waals surface area contributed by atoms with Gasteiger partial charge in [0.15, 0.2) is 0 Å². The molecule has 1 heterocycles. The van der Waals surface area contributed by atoms with E-state index in [9.17, 15) is 0 Å². The van der Waals surface area contributed by atoms with Crippen molar-refractivity contribution in [1.82, 2.24) is 20.6 Å². The van der Waals surface area contributed by atoms with Crippen molar-refractivity contribution in [3.8, 4) is 5.75 Å². The van der Waals surface area contributed by atoms with Gasteiger partial charge in [0, 0.05) is 5.56 Å². The van der Waals surface area contributed by atoms with Crippen LogP contribution in [-0.2, 0) is 0 Å². The Kier molecular flexibility index (Phi) is 3.24. The van der Waals surface area contributed by atoms with E-state index in [1.165, 1.54) is 0 Å². The Labute approximate surface area is 114 Å². The molecule has 0 unspecified atom stereocenters. The molecule has 0 saturated carbocycles. The predicted octanol–water partition coefficient (Wildman–Crippen LogP) is 1.81. The summed E-state index contributed by atoms with van der Waals surface area (Å²) in [6.07, 6.45) is 1.68. The zero-order valence-electron chi connectivity index (χ0n) is 10.7. The van der Waals surface area contributed by atoms with Crippen LogP contribution in [0.1, 0.15) is 5.56 Å². The van der Waals surface area contributed by atoms with Crippen molar-refractivity contribution in [2.24, 2.45) is 5.10 Å². The van der Waals surface area contributed by atoms with Gasteiger partial charge in [0.1, 0.15) is 5.75 Å². The number of tetrazole rings is 1. The van der Waals surface area contributed by atoms with Gasteiger partial charge in [0.2, 0.25) is 0 Å². The molecule has 2 N–H and O–H groups in total. The van der Waals surface area contributed by atoms with E-state index in [1.807, 2.05) is 36.4 Å². The lowest BCUT2D eigenvalue weighted by Crippen LogP contribution is -1.96. The zero-order valence-corrected chi connectivity index (χ0v) is 10.7. The first-order valence-corrected chi connectivity index (χ1v) is 5.97. The number of benzene rings is 2. The minimum atomic E-state index is 0.306. The van der Waals surface area contributed by atoms with Crippen LogP contribution >= 0.6 is 0 Å². The van der Waals surface area contributed by atoms with E-state index in [0.717, 1.165) is 22.1 Å². The average Bonchev–Trinajstić information content (AvgIpc) is 3.00. The van der Waals surface area contributed by atoms with Gasteiger partial charge in [-0.2, -0.15) is 10.3 Å². The molecule has 0 fully saturated rings.